The molecular weight excluding hydrogens is 528 g/mol. The Balaban J connectivity index is 1.42. The molecule has 38 heavy (non-hydrogen) atoms. The van der Waals surface area contributed by atoms with E-state index in [-0.39, 0.29) is 18.5 Å². The first-order valence-electron chi connectivity index (χ1n) is 11.8. The Kier molecular flexibility index (Phi) is 6.92. The lowest BCUT2D eigenvalue weighted by Crippen LogP contribution is -2.29. The van der Waals surface area contributed by atoms with Gasteiger partial charge in [0, 0.05) is 23.7 Å². The van der Waals surface area contributed by atoms with Crippen LogP contribution in [0.3, 0.4) is 0 Å². The van der Waals surface area contributed by atoms with Gasteiger partial charge in [0.05, 0.1) is 48.0 Å². The van der Waals surface area contributed by atoms with E-state index < -0.39 is 11.2 Å². The topological polar surface area (TPSA) is 160 Å². The molecule has 0 spiro atoms. The molecule has 0 radical (unpaired) electrons. The zero-order valence-electron chi connectivity index (χ0n) is 21.5. The number of thiazole rings is 1. The minimum absolute atomic E-state index is 0.0922. The number of carbonyl (C=O) groups excluding carboxylic acids is 2. The normalized spacial score (nSPS) is 14.5. The fourth-order valence-electron chi connectivity index (χ4n) is 4.36. The average Bonchev–Trinajstić information content (AvgIpc) is 3.41. The van der Waals surface area contributed by atoms with Gasteiger partial charge in [-0.15, -0.1) is 0 Å². The third-order valence-electron chi connectivity index (χ3n) is 6.11. The molecule has 12 nitrogen and oxygen atoms in total. The van der Waals surface area contributed by atoms with Gasteiger partial charge in [-0.1, -0.05) is 23.1 Å². The lowest BCUT2D eigenvalue weighted by Gasteiger charge is -2.19. The van der Waals surface area contributed by atoms with Crippen LogP contribution < -0.4 is 15.8 Å². The minimum Gasteiger partial charge on any atom is -0.496 e. The highest BCUT2D eigenvalue weighted by Gasteiger charge is 2.33. The fraction of sp³-hybridized carbons (Fsp3) is 0.375. The Labute approximate surface area is 226 Å². The minimum atomic E-state index is -0.530. The fourth-order valence-corrected chi connectivity index (χ4v) is 6.37. The molecular formula is C24H26N8O4S2. The molecule has 4 aromatic rings. The van der Waals surface area contributed by atoms with Gasteiger partial charge in [-0.3, -0.25) is 9.78 Å². The third kappa shape index (κ3) is 4.65. The quantitative estimate of drug-likeness (QED) is 0.255. The van der Waals surface area contributed by atoms with E-state index >= 15 is 0 Å². The Hall–Kier alpha value is -3.78. The van der Waals surface area contributed by atoms with Crippen molar-refractivity contribution >= 4 is 57.1 Å². The molecule has 0 saturated carbocycles. The number of thioether (sulfide) groups is 1. The van der Waals surface area contributed by atoms with Gasteiger partial charge in [-0.05, 0) is 27.7 Å². The molecule has 14 heteroatoms. The van der Waals surface area contributed by atoms with Crippen molar-refractivity contribution < 1.29 is 19.1 Å². The van der Waals surface area contributed by atoms with Crippen molar-refractivity contribution in [1.29, 1.82) is 0 Å². The summed E-state index contributed by atoms with van der Waals surface area (Å²) in [4.78, 5) is 43.5. The van der Waals surface area contributed by atoms with Crippen molar-refractivity contribution in [3.63, 3.8) is 0 Å². The van der Waals surface area contributed by atoms with Crippen LogP contribution in [0.15, 0.2) is 11.2 Å². The average molecular weight is 555 g/mol. The number of methoxy groups -OCH3 is 1. The summed E-state index contributed by atoms with van der Waals surface area (Å²) >= 11 is 2.38. The van der Waals surface area contributed by atoms with Crippen LogP contribution in [-0.4, -0.2) is 60.6 Å². The van der Waals surface area contributed by atoms with E-state index in [2.05, 4.69) is 25.3 Å². The number of hydrogen-bond donors (Lipinski definition) is 2. The zero-order valence-corrected chi connectivity index (χ0v) is 23.1. The predicted octanol–water partition coefficient (Wildman–Crippen LogP) is 3.07. The number of hydrogen-bond acceptors (Lipinski definition) is 12. The molecule has 1 amide bonds. The van der Waals surface area contributed by atoms with Crippen LogP contribution in [0.5, 0.6) is 5.75 Å². The number of ether oxygens (including phenoxy) is 2. The first kappa shape index (κ1) is 25.9. The number of nitrogen functional groups attached to an aromatic ring is 1. The lowest BCUT2D eigenvalue weighted by molar-refractivity contribution is -0.115. The van der Waals surface area contributed by atoms with Crippen molar-refractivity contribution in [3.8, 4) is 5.75 Å². The lowest BCUT2D eigenvalue weighted by atomic mass is 10.1. The highest BCUT2D eigenvalue weighted by Crippen LogP contribution is 2.39. The monoisotopic (exact) mass is 554 g/mol. The summed E-state index contributed by atoms with van der Waals surface area (Å²) in [6.07, 6.45) is 2.13. The number of amides is 1. The number of nitrogens with one attached hydrogen (secondary N) is 1. The molecule has 5 heterocycles. The van der Waals surface area contributed by atoms with Crippen LogP contribution >= 0.6 is 23.1 Å². The number of nitrogens with zero attached hydrogens (tertiary/aromatic N) is 6. The Morgan fingerprint density at radius 1 is 1.24 bits per heavy atom. The number of esters is 1. The SMILES string of the molecule is CCOC(=O)c1sc(NC(=O)C2Cc3nn(Cc4ncc(C)c(OC)c4C)c4nc(N)nc(c34)S2)nc1C. The van der Waals surface area contributed by atoms with E-state index in [1.807, 2.05) is 13.8 Å². The summed E-state index contributed by atoms with van der Waals surface area (Å²) < 4.78 is 12.4. The first-order valence-corrected chi connectivity index (χ1v) is 13.5. The van der Waals surface area contributed by atoms with Crippen molar-refractivity contribution in [2.45, 2.75) is 50.9 Å². The second-order valence-electron chi connectivity index (χ2n) is 8.69. The van der Waals surface area contributed by atoms with Crippen LogP contribution in [-0.2, 0) is 22.5 Å². The van der Waals surface area contributed by atoms with Crippen LogP contribution in [0.1, 0.15) is 44.8 Å². The Morgan fingerprint density at radius 2 is 2.03 bits per heavy atom. The van der Waals surface area contributed by atoms with E-state index in [0.29, 0.717) is 45.0 Å². The molecule has 1 aliphatic rings. The van der Waals surface area contributed by atoms with Gasteiger partial charge in [-0.2, -0.15) is 10.1 Å². The van der Waals surface area contributed by atoms with Gasteiger partial charge in [-0.25, -0.2) is 19.4 Å². The van der Waals surface area contributed by atoms with Gasteiger partial charge >= 0.3 is 5.97 Å². The van der Waals surface area contributed by atoms with E-state index in [1.54, 1.807) is 31.8 Å². The van der Waals surface area contributed by atoms with Gasteiger partial charge in [0.2, 0.25) is 11.9 Å². The molecule has 5 rings (SSSR count). The highest BCUT2D eigenvalue weighted by molar-refractivity contribution is 8.00. The maximum absolute atomic E-state index is 13.2. The molecule has 0 fully saturated rings. The zero-order chi connectivity index (χ0) is 27.1. The number of aromatic nitrogens is 6. The molecule has 198 valence electrons. The van der Waals surface area contributed by atoms with Crippen molar-refractivity contribution in [2.24, 2.45) is 0 Å². The molecule has 0 aliphatic carbocycles. The standard InChI is InChI=1S/C24H26N8O4S2/c1-6-36-22(34)18-12(4)27-24(38-18)29-20(33)15-7-13-16-19(28-23(25)30-21(16)37-15)32(31-13)9-14-11(3)17(35-5)10(2)8-26-14/h8,15H,6-7,9H2,1-5H3,(H2,25,28,30)(H,27,29,33). The second kappa shape index (κ2) is 10.2. The third-order valence-corrected chi connectivity index (χ3v) is 8.35. The number of nitrogens with two attached hydrogens (primary N) is 1. The summed E-state index contributed by atoms with van der Waals surface area (Å²) in [5.74, 6) is 0.140. The maximum Gasteiger partial charge on any atom is 0.350 e. The molecule has 0 bridgehead atoms. The largest absolute Gasteiger partial charge is 0.496 e. The summed E-state index contributed by atoms with van der Waals surface area (Å²) in [5.41, 5.74) is 10.5. The summed E-state index contributed by atoms with van der Waals surface area (Å²) in [5, 5.41) is 8.78. The number of pyridine rings is 1. The van der Waals surface area contributed by atoms with E-state index in [9.17, 15) is 9.59 Å². The molecule has 4 aromatic heterocycles. The van der Waals surface area contributed by atoms with E-state index in [1.165, 1.54) is 11.8 Å². The molecule has 1 atom stereocenters. The Bertz CT molecular complexity index is 1580. The van der Waals surface area contributed by atoms with E-state index in [0.717, 1.165) is 39.3 Å². The van der Waals surface area contributed by atoms with Crippen LogP contribution in [0.25, 0.3) is 11.0 Å². The maximum atomic E-state index is 13.2. The number of anilines is 2. The second-order valence-corrected chi connectivity index (χ2v) is 10.9. The highest BCUT2D eigenvalue weighted by atomic mass is 32.2. The van der Waals surface area contributed by atoms with Crippen molar-refractivity contribution in [2.75, 3.05) is 24.8 Å². The van der Waals surface area contributed by atoms with Gasteiger partial charge in [0.25, 0.3) is 0 Å². The molecule has 1 aliphatic heterocycles. The number of carbonyl (C=O) groups is 2. The predicted molar refractivity (Wildman–Crippen MR) is 144 cm³/mol. The van der Waals surface area contributed by atoms with Crippen molar-refractivity contribution in [1.82, 2.24) is 29.7 Å². The molecule has 3 N–H and O–H groups in total. The summed E-state index contributed by atoms with van der Waals surface area (Å²) in [7, 11) is 1.64. The number of rotatable bonds is 7. The smallest absolute Gasteiger partial charge is 0.350 e. The van der Waals surface area contributed by atoms with Crippen LogP contribution in [0.4, 0.5) is 11.1 Å². The summed E-state index contributed by atoms with van der Waals surface area (Å²) in [6, 6.07) is 0. The van der Waals surface area contributed by atoms with Crippen LogP contribution in [0.2, 0.25) is 0 Å². The van der Waals surface area contributed by atoms with Gasteiger partial charge in [0.1, 0.15) is 15.7 Å². The number of aryl methyl sites for hydroxylation is 2. The Morgan fingerprint density at radius 3 is 2.76 bits per heavy atom. The van der Waals surface area contributed by atoms with Crippen molar-refractivity contribution in [3.05, 3.63) is 39.3 Å². The molecule has 0 aromatic carbocycles. The van der Waals surface area contributed by atoms with Crippen LogP contribution in [0, 0.1) is 20.8 Å². The van der Waals surface area contributed by atoms with Gasteiger partial charge in [0.15, 0.2) is 10.8 Å². The molecule has 1 unspecified atom stereocenters. The van der Waals surface area contributed by atoms with E-state index in [4.69, 9.17) is 20.3 Å². The molecule has 0 saturated heterocycles. The summed E-state index contributed by atoms with van der Waals surface area (Å²) in [6.45, 7) is 7.95. The van der Waals surface area contributed by atoms with Gasteiger partial charge < -0.3 is 20.5 Å². The first-order chi connectivity index (χ1) is 18.2.